The first-order valence-electron chi connectivity index (χ1n) is 3.22. The fourth-order valence-electron chi connectivity index (χ4n) is 0.695. The molecule has 1 aromatic heterocycles. The van der Waals surface area contributed by atoms with E-state index in [0.29, 0.717) is 16.4 Å². The number of rotatable bonds is 2. The number of halogens is 1. The number of hydrogen-bond donors (Lipinski definition) is 1. The van der Waals surface area contributed by atoms with Crippen molar-refractivity contribution in [2.24, 2.45) is 5.16 Å². The Hall–Kier alpha value is -1.29. The van der Waals surface area contributed by atoms with Gasteiger partial charge in [0.15, 0.2) is 0 Å². The molecule has 1 heterocycles. The van der Waals surface area contributed by atoms with Crippen LogP contribution in [0.5, 0.6) is 0 Å². The fourth-order valence-corrected chi connectivity index (χ4v) is 0.909. The first-order chi connectivity index (χ1) is 5.75. The Morgan fingerprint density at radius 1 is 1.75 bits per heavy atom. The van der Waals surface area contributed by atoms with Crippen molar-refractivity contribution in [3.8, 4) is 0 Å². The Balaban J connectivity index is 3.04. The van der Waals surface area contributed by atoms with E-state index in [1.54, 1.807) is 6.07 Å². The molecule has 0 spiro atoms. The van der Waals surface area contributed by atoms with E-state index in [9.17, 15) is 0 Å². The number of nitrogens with zero attached hydrogens (tertiary/aromatic N) is 2. The molecule has 0 aliphatic rings. The smallest absolute Gasteiger partial charge is 0.139 e. The van der Waals surface area contributed by atoms with E-state index < -0.39 is 0 Å². The molecule has 64 valence electrons. The summed E-state index contributed by atoms with van der Waals surface area (Å²) in [5, 5.41) is 3.85. The lowest BCUT2D eigenvalue weighted by Gasteiger charge is -1.99. The average Bonchev–Trinajstić information content (AvgIpc) is 2.04. The van der Waals surface area contributed by atoms with Crippen molar-refractivity contribution < 1.29 is 4.84 Å². The molecule has 0 atom stereocenters. The van der Waals surface area contributed by atoms with Gasteiger partial charge in [0, 0.05) is 11.9 Å². The lowest BCUT2D eigenvalue weighted by Crippen LogP contribution is -1.95. The lowest BCUT2D eigenvalue weighted by molar-refractivity contribution is 0.215. The van der Waals surface area contributed by atoms with Crippen molar-refractivity contribution in [3.63, 3.8) is 0 Å². The Morgan fingerprint density at radius 2 is 2.50 bits per heavy atom. The van der Waals surface area contributed by atoms with E-state index in [2.05, 4.69) is 15.0 Å². The van der Waals surface area contributed by atoms with Crippen molar-refractivity contribution in [2.75, 3.05) is 12.8 Å². The fraction of sp³-hybridized carbons (Fsp3) is 0.143. The molecule has 0 radical (unpaired) electrons. The zero-order chi connectivity index (χ0) is 8.97. The van der Waals surface area contributed by atoms with Gasteiger partial charge < -0.3 is 10.6 Å². The minimum absolute atomic E-state index is 0.316. The topological polar surface area (TPSA) is 60.5 Å². The van der Waals surface area contributed by atoms with Crippen LogP contribution in [0.2, 0.25) is 5.15 Å². The summed E-state index contributed by atoms with van der Waals surface area (Å²) < 4.78 is 0. The molecule has 12 heavy (non-hydrogen) atoms. The second kappa shape index (κ2) is 3.92. The van der Waals surface area contributed by atoms with Gasteiger partial charge in [-0.05, 0) is 6.07 Å². The van der Waals surface area contributed by atoms with Crippen LogP contribution in [-0.4, -0.2) is 18.3 Å². The Labute approximate surface area is 75.0 Å². The molecule has 0 saturated heterocycles. The maximum absolute atomic E-state index is 5.73. The van der Waals surface area contributed by atoms with Crippen LogP contribution < -0.4 is 5.73 Å². The highest BCUT2D eigenvalue weighted by atomic mass is 35.5. The molecular weight excluding hydrogens is 178 g/mol. The number of aromatic nitrogens is 1. The lowest BCUT2D eigenvalue weighted by atomic mass is 10.2. The minimum Gasteiger partial charge on any atom is -0.399 e. The van der Waals surface area contributed by atoms with Gasteiger partial charge in [-0.3, -0.25) is 0 Å². The highest BCUT2D eigenvalue weighted by Crippen LogP contribution is 2.16. The number of anilines is 1. The second-order valence-corrected chi connectivity index (χ2v) is 2.38. The van der Waals surface area contributed by atoms with Gasteiger partial charge >= 0.3 is 0 Å². The Morgan fingerprint density at radius 3 is 3.08 bits per heavy atom. The van der Waals surface area contributed by atoms with Crippen LogP contribution >= 0.6 is 11.6 Å². The molecule has 0 fully saturated rings. The molecule has 0 bridgehead atoms. The molecule has 0 aromatic carbocycles. The van der Waals surface area contributed by atoms with Gasteiger partial charge in [-0.2, -0.15) is 0 Å². The number of hydrogen-bond acceptors (Lipinski definition) is 4. The van der Waals surface area contributed by atoms with Crippen molar-refractivity contribution in [1.82, 2.24) is 4.98 Å². The minimum atomic E-state index is 0.316. The van der Waals surface area contributed by atoms with E-state index in [-0.39, 0.29) is 0 Å². The van der Waals surface area contributed by atoms with Crippen molar-refractivity contribution in [1.29, 1.82) is 0 Å². The summed E-state index contributed by atoms with van der Waals surface area (Å²) in [6.07, 6.45) is 2.95. The molecule has 2 N–H and O–H groups in total. The first-order valence-corrected chi connectivity index (χ1v) is 3.60. The highest BCUT2D eigenvalue weighted by Gasteiger charge is 2.01. The summed E-state index contributed by atoms with van der Waals surface area (Å²) in [6.45, 7) is 0. The standard InChI is InChI=1S/C7H8ClN3O/c1-12-11-4-5-6(9)2-3-10-7(5)8/h2-4H,1H3,(H2,9,10). The van der Waals surface area contributed by atoms with Gasteiger partial charge in [-0.15, -0.1) is 0 Å². The molecule has 4 nitrogen and oxygen atoms in total. The van der Waals surface area contributed by atoms with Crippen LogP contribution in [0, 0.1) is 0 Å². The number of nitrogens with two attached hydrogens (primary N) is 1. The van der Waals surface area contributed by atoms with Crippen molar-refractivity contribution >= 4 is 23.5 Å². The number of nitrogen functional groups attached to an aromatic ring is 1. The van der Waals surface area contributed by atoms with Gasteiger partial charge in [-0.25, -0.2) is 4.98 Å². The monoisotopic (exact) mass is 185 g/mol. The van der Waals surface area contributed by atoms with E-state index >= 15 is 0 Å². The van der Waals surface area contributed by atoms with Crippen LogP contribution in [0.3, 0.4) is 0 Å². The van der Waals surface area contributed by atoms with Crippen LogP contribution in [0.1, 0.15) is 5.56 Å². The largest absolute Gasteiger partial charge is 0.399 e. The molecule has 5 heteroatoms. The molecule has 1 rings (SSSR count). The van der Waals surface area contributed by atoms with Gasteiger partial charge in [0.2, 0.25) is 0 Å². The molecule has 1 aromatic rings. The van der Waals surface area contributed by atoms with E-state index in [0.717, 1.165) is 0 Å². The van der Waals surface area contributed by atoms with Gasteiger partial charge in [0.05, 0.1) is 11.8 Å². The molecule has 0 unspecified atom stereocenters. The van der Waals surface area contributed by atoms with E-state index in [1.165, 1.54) is 19.5 Å². The van der Waals surface area contributed by atoms with Crippen molar-refractivity contribution in [3.05, 3.63) is 23.0 Å². The van der Waals surface area contributed by atoms with E-state index in [4.69, 9.17) is 17.3 Å². The third-order valence-corrected chi connectivity index (χ3v) is 1.56. The number of oxime groups is 1. The summed E-state index contributed by atoms with van der Waals surface area (Å²) in [6, 6.07) is 1.64. The summed E-state index contributed by atoms with van der Waals surface area (Å²) >= 11 is 5.73. The predicted molar refractivity (Wildman–Crippen MR) is 48.3 cm³/mol. The summed E-state index contributed by atoms with van der Waals surface area (Å²) in [7, 11) is 1.44. The molecular formula is C7H8ClN3O. The van der Waals surface area contributed by atoms with Gasteiger partial charge in [-0.1, -0.05) is 16.8 Å². The van der Waals surface area contributed by atoms with Gasteiger partial charge in [0.1, 0.15) is 12.3 Å². The van der Waals surface area contributed by atoms with Gasteiger partial charge in [0.25, 0.3) is 0 Å². The van der Waals surface area contributed by atoms with Crippen molar-refractivity contribution in [2.45, 2.75) is 0 Å². The maximum atomic E-state index is 5.73. The predicted octanol–water partition coefficient (Wildman–Crippen LogP) is 1.30. The van der Waals surface area contributed by atoms with Crippen LogP contribution in [0.4, 0.5) is 5.69 Å². The van der Waals surface area contributed by atoms with Crippen LogP contribution in [-0.2, 0) is 4.84 Å². The third kappa shape index (κ3) is 1.85. The number of pyridine rings is 1. The quantitative estimate of drug-likeness (QED) is 0.429. The third-order valence-electron chi connectivity index (χ3n) is 1.26. The normalized spacial score (nSPS) is 10.5. The molecule has 0 aliphatic heterocycles. The zero-order valence-corrected chi connectivity index (χ0v) is 7.25. The molecule has 0 amide bonds. The summed E-state index contributed by atoms with van der Waals surface area (Å²) in [5.41, 5.74) is 6.69. The first kappa shape index (κ1) is 8.80. The SMILES string of the molecule is CON=Cc1c(N)ccnc1Cl. The summed E-state index contributed by atoms with van der Waals surface area (Å²) in [4.78, 5) is 8.31. The zero-order valence-electron chi connectivity index (χ0n) is 6.49. The van der Waals surface area contributed by atoms with Crippen LogP contribution in [0.25, 0.3) is 0 Å². The summed E-state index contributed by atoms with van der Waals surface area (Å²) in [5.74, 6) is 0. The van der Waals surface area contributed by atoms with E-state index in [1.807, 2.05) is 0 Å². The second-order valence-electron chi connectivity index (χ2n) is 2.02. The highest BCUT2D eigenvalue weighted by molar-refractivity contribution is 6.32. The van der Waals surface area contributed by atoms with Crippen LogP contribution in [0.15, 0.2) is 17.4 Å². The molecule has 0 aliphatic carbocycles. The molecule has 0 saturated carbocycles. The maximum Gasteiger partial charge on any atom is 0.139 e. The Kier molecular flexibility index (Phi) is 2.88. The average molecular weight is 186 g/mol. The Bertz CT molecular complexity index is 280.